The number of ether oxygens (including phenoxy) is 2. The van der Waals surface area contributed by atoms with Crippen LogP contribution < -0.4 is 20.5 Å². The Hall–Kier alpha value is -3.80. The van der Waals surface area contributed by atoms with E-state index >= 15 is 0 Å². The Balaban J connectivity index is 1.56. The van der Waals surface area contributed by atoms with Crippen LogP contribution in [0.15, 0.2) is 45.4 Å². The highest BCUT2D eigenvalue weighted by molar-refractivity contribution is 7.99. The lowest BCUT2D eigenvalue weighted by Crippen LogP contribution is -2.26. The first-order valence-electron chi connectivity index (χ1n) is 9.88. The molecular formula is C20H19N7O4S. The summed E-state index contributed by atoms with van der Waals surface area (Å²) in [6, 6.07) is 3.70. The first-order valence-corrected chi connectivity index (χ1v) is 10.7. The molecular weight excluding hydrogens is 434 g/mol. The lowest BCUT2D eigenvalue weighted by molar-refractivity contribution is -0.120. The number of aromatic nitrogens is 5. The van der Waals surface area contributed by atoms with Gasteiger partial charge in [0, 0.05) is 24.4 Å². The number of carbonyl (C=O) groups excluding carboxylic acids is 1. The third-order valence-corrected chi connectivity index (χ3v) is 5.89. The molecule has 5 rings (SSSR count). The van der Waals surface area contributed by atoms with Crippen LogP contribution in [0.3, 0.4) is 0 Å². The Kier molecular flexibility index (Phi) is 5.27. The summed E-state index contributed by atoms with van der Waals surface area (Å²) < 4.78 is 18.5. The van der Waals surface area contributed by atoms with Crippen molar-refractivity contribution >= 4 is 34.7 Å². The molecule has 164 valence electrons. The largest absolute Gasteiger partial charge is 0.454 e. The van der Waals surface area contributed by atoms with E-state index in [-0.39, 0.29) is 18.5 Å². The molecule has 0 saturated heterocycles. The van der Waals surface area contributed by atoms with E-state index in [1.54, 1.807) is 13.1 Å². The molecule has 3 aromatic heterocycles. The minimum absolute atomic E-state index is 0.0280. The van der Waals surface area contributed by atoms with Crippen LogP contribution >= 0.6 is 11.8 Å². The van der Waals surface area contributed by atoms with E-state index in [0.717, 1.165) is 10.5 Å². The van der Waals surface area contributed by atoms with Crippen LogP contribution in [0, 0.1) is 0 Å². The van der Waals surface area contributed by atoms with Crippen LogP contribution in [-0.4, -0.2) is 43.7 Å². The van der Waals surface area contributed by atoms with Crippen molar-refractivity contribution < 1.29 is 18.7 Å². The smallest absolute Gasteiger partial charge is 0.231 e. The SMILES string of the molecule is CCC(=O)NCCn1c(Sc2cc3c(cc2-c2ncco2)OCO3)nc2c(N)ncnc21. The minimum Gasteiger partial charge on any atom is -0.454 e. The highest BCUT2D eigenvalue weighted by Crippen LogP contribution is 2.44. The molecule has 11 nitrogen and oxygen atoms in total. The van der Waals surface area contributed by atoms with Crippen molar-refractivity contribution in [3.8, 4) is 23.0 Å². The second-order valence-electron chi connectivity index (χ2n) is 6.82. The van der Waals surface area contributed by atoms with Crippen LogP contribution in [0.2, 0.25) is 0 Å². The molecule has 4 heterocycles. The third kappa shape index (κ3) is 3.68. The number of amides is 1. The molecule has 1 amide bonds. The van der Waals surface area contributed by atoms with E-state index in [1.165, 1.54) is 24.4 Å². The standard InChI is InChI=1S/C20H19N7O4S/c1-2-15(28)22-3-5-27-18-16(17(21)24-9-25-18)26-20(27)32-14-8-13-12(30-10-31-13)7-11(14)19-23-4-6-29-19/h4,6-9H,2-3,5,10H2,1H3,(H,22,28)(H2,21,24,25). The van der Waals surface area contributed by atoms with Gasteiger partial charge in [-0.05, 0) is 12.1 Å². The predicted octanol–water partition coefficient (Wildman–Crippen LogP) is 2.47. The highest BCUT2D eigenvalue weighted by atomic mass is 32.2. The average Bonchev–Trinajstić information content (AvgIpc) is 3.54. The van der Waals surface area contributed by atoms with Crippen LogP contribution in [-0.2, 0) is 11.3 Å². The number of hydrogen-bond acceptors (Lipinski definition) is 10. The van der Waals surface area contributed by atoms with Gasteiger partial charge in [0.2, 0.25) is 18.6 Å². The van der Waals surface area contributed by atoms with Gasteiger partial charge in [0.15, 0.2) is 33.6 Å². The topological polar surface area (TPSA) is 143 Å². The van der Waals surface area contributed by atoms with E-state index in [0.29, 0.717) is 53.2 Å². The Labute approximate surface area is 186 Å². The summed E-state index contributed by atoms with van der Waals surface area (Å²) >= 11 is 1.38. The van der Waals surface area contributed by atoms with Gasteiger partial charge in [-0.3, -0.25) is 4.79 Å². The number of carbonyl (C=O) groups is 1. The number of oxazole rings is 1. The summed E-state index contributed by atoms with van der Waals surface area (Å²) in [5, 5.41) is 3.51. The van der Waals surface area contributed by atoms with Gasteiger partial charge in [-0.2, -0.15) is 0 Å². The summed E-state index contributed by atoms with van der Waals surface area (Å²) in [5.41, 5.74) is 7.86. The Morgan fingerprint density at radius 3 is 2.88 bits per heavy atom. The van der Waals surface area contributed by atoms with Gasteiger partial charge < -0.3 is 29.5 Å². The number of nitrogens with zero attached hydrogens (tertiary/aromatic N) is 5. The molecule has 0 atom stereocenters. The second kappa shape index (κ2) is 8.38. The predicted molar refractivity (Wildman–Crippen MR) is 115 cm³/mol. The van der Waals surface area contributed by atoms with Gasteiger partial charge in [0.05, 0.1) is 11.8 Å². The maximum absolute atomic E-state index is 11.7. The van der Waals surface area contributed by atoms with Crippen molar-refractivity contribution in [1.82, 2.24) is 29.8 Å². The molecule has 0 aliphatic carbocycles. The number of anilines is 1. The summed E-state index contributed by atoms with van der Waals surface area (Å²) in [6.45, 7) is 2.83. The fourth-order valence-electron chi connectivity index (χ4n) is 3.28. The molecule has 0 spiro atoms. The molecule has 0 bridgehead atoms. The van der Waals surface area contributed by atoms with Gasteiger partial charge in [0.25, 0.3) is 0 Å². The zero-order chi connectivity index (χ0) is 22.1. The highest BCUT2D eigenvalue weighted by Gasteiger charge is 2.23. The summed E-state index contributed by atoms with van der Waals surface area (Å²) in [7, 11) is 0. The third-order valence-electron chi connectivity index (χ3n) is 4.84. The number of nitrogens with one attached hydrogen (secondary N) is 1. The molecule has 0 radical (unpaired) electrons. The number of nitrogen functional groups attached to an aromatic ring is 1. The number of benzene rings is 1. The van der Waals surface area contributed by atoms with Crippen molar-refractivity contribution in [2.24, 2.45) is 0 Å². The lowest BCUT2D eigenvalue weighted by Gasteiger charge is -2.11. The molecule has 32 heavy (non-hydrogen) atoms. The van der Waals surface area contributed by atoms with Gasteiger partial charge in [-0.25, -0.2) is 19.9 Å². The van der Waals surface area contributed by atoms with Gasteiger partial charge in [0.1, 0.15) is 12.6 Å². The molecule has 12 heteroatoms. The minimum atomic E-state index is -0.0280. The Bertz CT molecular complexity index is 1290. The molecule has 1 aliphatic heterocycles. The fourth-order valence-corrected chi connectivity index (χ4v) is 4.32. The maximum atomic E-state index is 11.7. The van der Waals surface area contributed by atoms with Crippen molar-refractivity contribution in [2.45, 2.75) is 29.9 Å². The second-order valence-corrected chi connectivity index (χ2v) is 7.83. The van der Waals surface area contributed by atoms with Crippen LogP contribution in [0.25, 0.3) is 22.6 Å². The maximum Gasteiger partial charge on any atom is 0.231 e. The molecule has 0 unspecified atom stereocenters. The normalized spacial score (nSPS) is 12.4. The van der Waals surface area contributed by atoms with Gasteiger partial charge >= 0.3 is 0 Å². The summed E-state index contributed by atoms with van der Waals surface area (Å²) in [6.07, 6.45) is 4.90. The molecule has 4 aromatic rings. The Morgan fingerprint density at radius 1 is 1.25 bits per heavy atom. The molecule has 0 saturated carbocycles. The fraction of sp³-hybridized carbons (Fsp3) is 0.250. The Morgan fingerprint density at radius 2 is 2.09 bits per heavy atom. The van der Waals surface area contributed by atoms with Crippen molar-refractivity contribution in [2.75, 3.05) is 19.1 Å². The number of fused-ring (bicyclic) bond motifs is 2. The lowest BCUT2D eigenvalue weighted by atomic mass is 10.2. The van der Waals surface area contributed by atoms with E-state index in [1.807, 2.05) is 16.7 Å². The number of imidazole rings is 1. The number of nitrogens with two attached hydrogens (primary N) is 1. The quantitative estimate of drug-likeness (QED) is 0.428. The van der Waals surface area contributed by atoms with Crippen molar-refractivity contribution in [3.63, 3.8) is 0 Å². The zero-order valence-electron chi connectivity index (χ0n) is 17.1. The van der Waals surface area contributed by atoms with E-state index < -0.39 is 0 Å². The number of hydrogen-bond donors (Lipinski definition) is 2. The van der Waals surface area contributed by atoms with Crippen molar-refractivity contribution in [1.29, 1.82) is 0 Å². The van der Waals surface area contributed by atoms with Gasteiger partial charge in [-0.1, -0.05) is 18.7 Å². The molecule has 1 aliphatic rings. The van der Waals surface area contributed by atoms with Crippen LogP contribution in [0.1, 0.15) is 13.3 Å². The molecule has 3 N–H and O–H groups in total. The monoisotopic (exact) mass is 453 g/mol. The van der Waals surface area contributed by atoms with Crippen molar-refractivity contribution in [3.05, 3.63) is 30.9 Å². The van der Waals surface area contributed by atoms with Gasteiger partial charge in [-0.15, -0.1) is 0 Å². The summed E-state index contributed by atoms with van der Waals surface area (Å²) in [5.74, 6) is 1.95. The van der Waals surface area contributed by atoms with E-state index in [2.05, 4.69) is 25.3 Å². The van der Waals surface area contributed by atoms with E-state index in [9.17, 15) is 4.79 Å². The number of rotatable bonds is 7. The van der Waals surface area contributed by atoms with E-state index in [4.69, 9.17) is 19.6 Å². The summed E-state index contributed by atoms with van der Waals surface area (Å²) in [4.78, 5) is 29.9. The molecule has 1 aromatic carbocycles. The first-order chi connectivity index (χ1) is 15.6. The molecule has 0 fully saturated rings. The first kappa shape index (κ1) is 20.1. The zero-order valence-corrected chi connectivity index (χ0v) is 17.9. The van der Waals surface area contributed by atoms with Crippen LogP contribution in [0.4, 0.5) is 5.82 Å². The van der Waals surface area contributed by atoms with Crippen LogP contribution in [0.5, 0.6) is 11.5 Å². The average molecular weight is 453 g/mol.